The van der Waals surface area contributed by atoms with Crippen LogP contribution in [0.5, 0.6) is 0 Å². The van der Waals surface area contributed by atoms with E-state index in [1.54, 1.807) is 0 Å². The van der Waals surface area contributed by atoms with Crippen LogP contribution in [0.3, 0.4) is 0 Å². The number of aliphatic hydroxyl groups is 1. The van der Waals surface area contributed by atoms with Gasteiger partial charge in [0.15, 0.2) is 0 Å². The van der Waals surface area contributed by atoms with Crippen molar-refractivity contribution in [1.29, 1.82) is 5.26 Å². The van der Waals surface area contributed by atoms with Gasteiger partial charge >= 0.3 is 0 Å². The van der Waals surface area contributed by atoms with Crippen molar-refractivity contribution >= 4 is 5.69 Å². The van der Waals surface area contributed by atoms with E-state index in [0.29, 0.717) is 17.4 Å². The topological polar surface area (TPSA) is 50.5 Å². The molecule has 0 spiro atoms. The first kappa shape index (κ1) is 17.9. The smallest absolute Gasteiger partial charge is 0.206 e. The van der Waals surface area contributed by atoms with Gasteiger partial charge in [0.05, 0.1) is 23.4 Å². The second-order valence-corrected chi connectivity index (χ2v) is 7.22. The molecule has 1 N–H and O–H groups in total. The average molecular weight is 347 g/mol. The number of nitrogens with zero attached hydrogens (tertiary/aromatic N) is 3. The minimum Gasteiger partial charge on any atom is -0.494 e. The van der Waals surface area contributed by atoms with E-state index in [1.165, 1.54) is 0 Å². The lowest BCUT2D eigenvalue weighted by atomic mass is 9.97. The maximum Gasteiger partial charge on any atom is 0.206 e. The summed E-state index contributed by atoms with van der Waals surface area (Å²) in [6.07, 6.45) is 0.971. The van der Waals surface area contributed by atoms with E-state index in [1.807, 2.05) is 55.4 Å². The van der Waals surface area contributed by atoms with Crippen molar-refractivity contribution in [1.82, 2.24) is 5.01 Å². The molecule has 1 unspecified atom stereocenters. The second-order valence-electron chi connectivity index (χ2n) is 7.22. The van der Waals surface area contributed by atoms with Crippen LogP contribution in [0.15, 0.2) is 60.0 Å². The molecule has 26 heavy (non-hydrogen) atoms. The highest BCUT2D eigenvalue weighted by atomic mass is 16.3. The first-order chi connectivity index (χ1) is 12.4. The van der Waals surface area contributed by atoms with Gasteiger partial charge in [0.25, 0.3) is 0 Å². The summed E-state index contributed by atoms with van der Waals surface area (Å²) in [4.78, 5) is 0. The Labute approximate surface area is 155 Å². The largest absolute Gasteiger partial charge is 0.494 e. The molecular weight excluding hydrogens is 322 g/mol. The van der Waals surface area contributed by atoms with E-state index in [0.717, 1.165) is 28.8 Å². The van der Waals surface area contributed by atoms with Crippen LogP contribution in [0.1, 0.15) is 32.8 Å². The fourth-order valence-corrected chi connectivity index (χ4v) is 3.60. The molecule has 1 atom stereocenters. The molecule has 0 fully saturated rings. The summed E-state index contributed by atoms with van der Waals surface area (Å²) in [6.45, 7) is 6.39. The Hall–Kier alpha value is -2.93. The fraction of sp³-hybridized carbons (Fsp3) is 0.318. The number of nitriles is 1. The van der Waals surface area contributed by atoms with Gasteiger partial charge in [0, 0.05) is 12.6 Å². The lowest BCUT2D eigenvalue weighted by molar-refractivity contribution is 0.233. The molecule has 0 aliphatic carbocycles. The van der Waals surface area contributed by atoms with Gasteiger partial charge in [-0.15, -0.1) is 0 Å². The normalized spacial score (nSPS) is 17.2. The zero-order valence-electron chi connectivity index (χ0n) is 15.8. The van der Waals surface area contributed by atoms with Gasteiger partial charge in [0.2, 0.25) is 5.88 Å². The number of benzene rings is 2. The van der Waals surface area contributed by atoms with Gasteiger partial charge in [-0.1, -0.05) is 44.2 Å². The van der Waals surface area contributed by atoms with Gasteiger partial charge in [0.1, 0.15) is 0 Å². The van der Waals surface area contributed by atoms with Crippen LogP contribution in [0.2, 0.25) is 0 Å². The average Bonchev–Trinajstić information content (AvgIpc) is 2.85. The zero-order valence-corrected chi connectivity index (χ0v) is 15.8. The molecule has 2 aromatic rings. The molecule has 0 bridgehead atoms. The van der Waals surface area contributed by atoms with Gasteiger partial charge < -0.3 is 5.11 Å². The number of anilines is 1. The van der Waals surface area contributed by atoms with Crippen LogP contribution in [0.4, 0.5) is 5.69 Å². The zero-order chi connectivity index (χ0) is 18.8. The molecule has 1 aliphatic rings. The summed E-state index contributed by atoms with van der Waals surface area (Å²) in [5, 5.41) is 23.7. The molecule has 0 radical (unpaired) electrons. The van der Waals surface area contributed by atoms with E-state index in [9.17, 15) is 10.4 Å². The van der Waals surface area contributed by atoms with Crippen molar-refractivity contribution in [2.75, 3.05) is 12.1 Å². The van der Waals surface area contributed by atoms with Gasteiger partial charge in [-0.05, 0) is 48.6 Å². The molecule has 0 aromatic heterocycles. The quantitative estimate of drug-likeness (QED) is 0.836. The van der Waals surface area contributed by atoms with Crippen molar-refractivity contribution < 1.29 is 5.11 Å². The van der Waals surface area contributed by atoms with Crippen LogP contribution in [0.25, 0.3) is 11.1 Å². The Balaban J connectivity index is 1.94. The summed E-state index contributed by atoms with van der Waals surface area (Å²) in [5.74, 6) is 0.855. The molecule has 0 saturated carbocycles. The predicted octanol–water partition coefficient (Wildman–Crippen LogP) is 5.10. The number of hydrogen-bond donors (Lipinski definition) is 1. The van der Waals surface area contributed by atoms with E-state index in [4.69, 9.17) is 0 Å². The van der Waals surface area contributed by atoms with Crippen LogP contribution in [-0.4, -0.2) is 23.2 Å². The molecule has 4 nitrogen and oxygen atoms in total. The summed E-state index contributed by atoms with van der Waals surface area (Å²) in [5.41, 5.74) is 4.65. The van der Waals surface area contributed by atoms with E-state index >= 15 is 0 Å². The first-order valence-electron chi connectivity index (χ1n) is 8.96. The second kappa shape index (κ2) is 7.13. The summed E-state index contributed by atoms with van der Waals surface area (Å²) in [6, 6.07) is 18.2. The fourth-order valence-electron chi connectivity index (χ4n) is 3.60. The third-order valence-electron chi connectivity index (χ3n) is 4.96. The Kier molecular flexibility index (Phi) is 4.90. The standard InChI is InChI=1S/C22H25N3O/c1-15(2)13-21-16(3)22(26)24(4)25(21)19-11-9-17(10-12-19)20-8-6-5-7-18(20)14-23/h5-12,15,21,26H,13H2,1-4H3. The Morgan fingerprint density at radius 2 is 1.77 bits per heavy atom. The molecule has 2 aromatic carbocycles. The van der Waals surface area contributed by atoms with Crippen molar-refractivity contribution in [2.24, 2.45) is 5.92 Å². The van der Waals surface area contributed by atoms with Crippen LogP contribution < -0.4 is 5.01 Å². The van der Waals surface area contributed by atoms with Crippen molar-refractivity contribution in [3.63, 3.8) is 0 Å². The maximum atomic E-state index is 10.4. The van der Waals surface area contributed by atoms with Crippen molar-refractivity contribution in [2.45, 2.75) is 33.2 Å². The number of aliphatic hydroxyl groups excluding tert-OH is 1. The number of rotatable bonds is 4. The maximum absolute atomic E-state index is 10.4. The third-order valence-corrected chi connectivity index (χ3v) is 4.96. The van der Waals surface area contributed by atoms with Crippen LogP contribution >= 0.6 is 0 Å². The van der Waals surface area contributed by atoms with Crippen LogP contribution in [-0.2, 0) is 0 Å². The number of hydrogen-bond acceptors (Lipinski definition) is 4. The Bertz CT molecular complexity index is 862. The lowest BCUT2D eigenvalue weighted by Crippen LogP contribution is -2.41. The molecular formula is C22H25N3O. The first-order valence-corrected chi connectivity index (χ1v) is 8.96. The number of hydrazine groups is 1. The van der Waals surface area contributed by atoms with Crippen molar-refractivity contribution in [3.8, 4) is 17.2 Å². The van der Waals surface area contributed by atoms with E-state index in [2.05, 4.69) is 37.1 Å². The summed E-state index contributed by atoms with van der Waals surface area (Å²) in [7, 11) is 1.89. The van der Waals surface area contributed by atoms with Gasteiger partial charge in [-0.3, -0.25) is 10.0 Å². The SMILES string of the molecule is CC1=C(O)N(C)N(c2ccc(-c3ccccc3C#N)cc2)C1CC(C)C. The summed E-state index contributed by atoms with van der Waals surface area (Å²) < 4.78 is 0. The van der Waals surface area contributed by atoms with Gasteiger partial charge in [-0.2, -0.15) is 5.26 Å². The highest BCUT2D eigenvalue weighted by molar-refractivity contribution is 5.72. The molecule has 3 rings (SSSR count). The highest BCUT2D eigenvalue weighted by Crippen LogP contribution is 2.36. The van der Waals surface area contributed by atoms with E-state index < -0.39 is 0 Å². The van der Waals surface area contributed by atoms with E-state index in [-0.39, 0.29) is 6.04 Å². The Morgan fingerprint density at radius 1 is 1.12 bits per heavy atom. The molecule has 1 heterocycles. The molecule has 4 heteroatoms. The monoisotopic (exact) mass is 347 g/mol. The van der Waals surface area contributed by atoms with Crippen molar-refractivity contribution in [3.05, 3.63) is 65.6 Å². The third kappa shape index (κ3) is 3.13. The molecule has 134 valence electrons. The van der Waals surface area contributed by atoms with Gasteiger partial charge in [-0.25, -0.2) is 0 Å². The molecule has 1 aliphatic heterocycles. The minimum absolute atomic E-state index is 0.150. The lowest BCUT2D eigenvalue weighted by Gasteiger charge is -2.34. The Morgan fingerprint density at radius 3 is 2.38 bits per heavy atom. The molecule has 0 saturated heterocycles. The molecule has 0 amide bonds. The minimum atomic E-state index is 0.150. The predicted molar refractivity (Wildman–Crippen MR) is 105 cm³/mol. The van der Waals surface area contributed by atoms with Crippen LogP contribution in [0, 0.1) is 17.2 Å². The highest BCUT2D eigenvalue weighted by Gasteiger charge is 2.35. The summed E-state index contributed by atoms with van der Waals surface area (Å²) >= 11 is 0.